The van der Waals surface area contributed by atoms with Crippen LogP contribution in [0.25, 0.3) is 0 Å². The summed E-state index contributed by atoms with van der Waals surface area (Å²) < 4.78 is 10.1. The second-order valence-corrected chi connectivity index (χ2v) is 3.45. The van der Waals surface area contributed by atoms with Gasteiger partial charge in [-0.15, -0.1) is 0 Å². The Morgan fingerprint density at radius 1 is 1.29 bits per heavy atom. The van der Waals surface area contributed by atoms with Crippen molar-refractivity contribution in [2.45, 2.75) is 19.4 Å². The Labute approximate surface area is 99.5 Å². The van der Waals surface area contributed by atoms with E-state index in [1.807, 2.05) is 18.2 Å². The minimum Gasteiger partial charge on any atom is -0.493 e. The molecule has 5 heteroatoms. The molecule has 5 nitrogen and oxygen atoms in total. The van der Waals surface area contributed by atoms with Crippen LogP contribution >= 0.6 is 0 Å². The normalized spacial score (nSPS) is 11.6. The molecular formula is C12H15NO4. The van der Waals surface area contributed by atoms with Gasteiger partial charge in [-0.1, -0.05) is 18.2 Å². The standard InChI is InChI=1S/C12H15NO4/c1-9(12(13)15)17-11(14)7-8-16-10-5-3-2-4-6-10/h2-6,9H,7-8H2,1H3,(H2,13,15)/t9-/m1/s1. The molecule has 0 fully saturated rings. The summed E-state index contributed by atoms with van der Waals surface area (Å²) in [5.41, 5.74) is 4.96. The van der Waals surface area contributed by atoms with Crippen LogP contribution in [0.4, 0.5) is 0 Å². The number of hydrogen-bond donors (Lipinski definition) is 1. The Kier molecular flexibility index (Phi) is 5.00. The van der Waals surface area contributed by atoms with Crippen LogP contribution < -0.4 is 10.5 Å². The maximum Gasteiger partial charge on any atom is 0.310 e. The number of amides is 1. The fraction of sp³-hybridized carbons (Fsp3) is 0.333. The molecule has 0 aromatic heterocycles. The van der Waals surface area contributed by atoms with Crippen molar-refractivity contribution >= 4 is 11.9 Å². The highest BCUT2D eigenvalue weighted by Crippen LogP contribution is 2.08. The molecule has 1 aromatic carbocycles. The first-order valence-corrected chi connectivity index (χ1v) is 5.26. The first kappa shape index (κ1) is 13.0. The molecule has 0 bridgehead atoms. The average molecular weight is 237 g/mol. The molecule has 0 radical (unpaired) electrons. The molecule has 92 valence electrons. The number of hydrogen-bond acceptors (Lipinski definition) is 4. The second-order valence-electron chi connectivity index (χ2n) is 3.45. The van der Waals surface area contributed by atoms with Gasteiger partial charge in [0.05, 0.1) is 13.0 Å². The number of rotatable bonds is 6. The third-order valence-corrected chi connectivity index (χ3v) is 2.03. The number of nitrogens with two attached hydrogens (primary N) is 1. The lowest BCUT2D eigenvalue weighted by Crippen LogP contribution is -2.30. The molecule has 2 N–H and O–H groups in total. The number of benzene rings is 1. The van der Waals surface area contributed by atoms with Gasteiger partial charge in [-0.25, -0.2) is 0 Å². The summed E-state index contributed by atoms with van der Waals surface area (Å²) in [6, 6.07) is 9.12. The van der Waals surface area contributed by atoms with Crippen LogP contribution in [-0.2, 0) is 14.3 Å². The van der Waals surface area contributed by atoms with Crippen molar-refractivity contribution in [1.29, 1.82) is 0 Å². The van der Waals surface area contributed by atoms with E-state index in [0.29, 0.717) is 5.75 Å². The highest BCUT2D eigenvalue weighted by Gasteiger charge is 2.14. The van der Waals surface area contributed by atoms with Crippen molar-refractivity contribution in [3.63, 3.8) is 0 Å². The van der Waals surface area contributed by atoms with Gasteiger partial charge in [-0.05, 0) is 19.1 Å². The van der Waals surface area contributed by atoms with E-state index in [1.54, 1.807) is 12.1 Å². The molecule has 1 amide bonds. The lowest BCUT2D eigenvalue weighted by atomic mass is 10.3. The third-order valence-electron chi connectivity index (χ3n) is 2.03. The second kappa shape index (κ2) is 6.52. The monoisotopic (exact) mass is 237 g/mol. The Balaban J connectivity index is 2.23. The maximum absolute atomic E-state index is 11.2. The summed E-state index contributed by atoms with van der Waals surface area (Å²) in [7, 11) is 0. The lowest BCUT2D eigenvalue weighted by molar-refractivity contribution is -0.154. The fourth-order valence-electron chi connectivity index (χ4n) is 1.08. The van der Waals surface area contributed by atoms with Crippen LogP contribution in [0.2, 0.25) is 0 Å². The van der Waals surface area contributed by atoms with Crippen LogP contribution in [0.5, 0.6) is 5.75 Å². The van der Waals surface area contributed by atoms with E-state index in [0.717, 1.165) is 0 Å². The molecular weight excluding hydrogens is 222 g/mol. The highest BCUT2D eigenvalue weighted by molar-refractivity contribution is 5.81. The van der Waals surface area contributed by atoms with Crippen molar-refractivity contribution in [3.05, 3.63) is 30.3 Å². The number of esters is 1. The average Bonchev–Trinajstić information content (AvgIpc) is 2.30. The molecule has 1 aromatic rings. The van der Waals surface area contributed by atoms with Crippen LogP contribution in [-0.4, -0.2) is 24.6 Å². The molecule has 0 heterocycles. The minimum absolute atomic E-state index is 0.0759. The largest absolute Gasteiger partial charge is 0.493 e. The SMILES string of the molecule is C[C@@H](OC(=O)CCOc1ccccc1)C(N)=O. The van der Waals surface area contributed by atoms with Gasteiger partial charge in [-0.2, -0.15) is 0 Å². The minimum atomic E-state index is -0.903. The van der Waals surface area contributed by atoms with Crippen LogP contribution in [0.1, 0.15) is 13.3 Å². The molecule has 0 aliphatic rings. The third kappa shape index (κ3) is 5.01. The van der Waals surface area contributed by atoms with Gasteiger partial charge >= 0.3 is 5.97 Å². The summed E-state index contributed by atoms with van der Waals surface area (Å²) in [4.78, 5) is 21.9. The van der Waals surface area contributed by atoms with Crippen molar-refractivity contribution in [1.82, 2.24) is 0 Å². The zero-order valence-electron chi connectivity index (χ0n) is 9.59. The van der Waals surface area contributed by atoms with Crippen molar-refractivity contribution in [2.24, 2.45) is 5.73 Å². The number of ether oxygens (including phenoxy) is 2. The van der Waals surface area contributed by atoms with Gasteiger partial charge < -0.3 is 15.2 Å². The maximum atomic E-state index is 11.2. The number of carbonyl (C=O) groups excluding carboxylic acids is 2. The number of primary amides is 1. The van der Waals surface area contributed by atoms with E-state index >= 15 is 0 Å². The molecule has 0 saturated heterocycles. The first-order chi connectivity index (χ1) is 8.09. The van der Waals surface area contributed by atoms with Crippen LogP contribution in [0.3, 0.4) is 0 Å². The molecule has 0 spiro atoms. The van der Waals surface area contributed by atoms with E-state index in [1.165, 1.54) is 6.92 Å². The molecule has 1 rings (SSSR count). The smallest absolute Gasteiger partial charge is 0.310 e. The van der Waals surface area contributed by atoms with Crippen molar-refractivity contribution in [3.8, 4) is 5.75 Å². The summed E-state index contributed by atoms with van der Waals surface area (Å²) in [6.07, 6.45) is -0.828. The lowest BCUT2D eigenvalue weighted by Gasteiger charge is -2.10. The van der Waals surface area contributed by atoms with Gasteiger partial charge in [0.2, 0.25) is 0 Å². The predicted octanol–water partition coefficient (Wildman–Crippen LogP) is 0.872. The quantitative estimate of drug-likeness (QED) is 0.745. The summed E-state index contributed by atoms with van der Waals surface area (Å²) in [6.45, 7) is 1.63. The van der Waals surface area contributed by atoms with Gasteiger partial charge in [0.1, 0.15) is 5.75 Å². The van der Waals surface area contributed by atoms with E-state index < -0.39 is 18.0 Å². The fourth-order valence-corrected chi connectivity index (χ4v) is 1.08. The van der Waals surface area contributed by atoms with Gasteiger partial charge in [0.15, 0.2) is 6.10 Å². The van der Waals surface area contributed by atoms with Gasteiger partial charge in [0.25, 0.3) is 5.91 Å². The van der Waals surface area contributed by atoms with E-state index in [2.05, 4.69) is 0 Å². The summed E-state index contributed by atoms with van der Waals surface area (Å²) >= 11 is 0. The predicted molar refractivity (Wildman–Crippen MR) is 61.3 cm³/mol. The van der Waals surface area contributed by atoms with E-state index in [9.17, 15) is 9.59 Å². The van der Waals surface area contributed by atoms with E-state index in [-0.39, 0.29) is 13.0 Å². The van der Waals surface area contributed by atoms with Crippen molar-refractivity contribution in [2.75, 3.05) is 6.61 Å². The van der Waals surface area contributed by atoms with Crippen LogP contribution in [0, 0.1) is 0 Å². The zero-order chi connectivity index (χ0) is 12.7. The highest BCUT2D eigenvalue weighted by atomic mass is 16.5. The molecule has 0 unspecified atom stereocenters. The molecule has 0 aliphatic heterocycles. The summed E-state index contributed by atoms with van der Waals surface area (Å²) in [5, 5.41) is 0. The molecule has 1 atom stereocenters. The van der Waals surface area contributed by atoms with Crippen LogP contribution in [0.15, 0.2) is 30.3 Å². The zero-order valence-corrected chi connectivity index (χ0v) is 9.59. The summed E-state index contributed by atoms with van der Waals surface area (Å²) in [5.74, 6) is -0.488. The first-order valence-electron chi connectivity index (χ1n) is 5.26. The van der Waals surface area contributed by atoms with Gasteiger partial charge in [-0.3, -0.25) is 9.59 Å². The molecule has 0 saturated carbocycles. The number of carbonyl (C=O) groups is 2. The Bertz CT molecular complexity index is 377. The topological polar surface area (TPSA) is 78.6 Å². The Morgan fingerprint density at radius 3 is 2.53 bits per heavy atom. The Hall–Kier alpha value is -2.04. The van der Waals surface area contributed by atoms with Gasteiger partial charge in [0, 0.05) is 0 Å². The van der Waals surface area contributed by atoms with Crippen molar-refractivity contribution < 1.29 is 19.1 Å². The number of para-hydroxylation sites is 1. The molecule has 0 aliphatic carbocycles. The van der Waals surface area contributed by atoms with E-state index in [4.69, 9.17) is 15.2 Å². The Morgan fingerprint density at radius 2 is 1.94 bits per heavy atom. The molecule has 17 heavy (non-hydrogen) atoms.